The predicted octanol–water partition coefficient (Wildman–Crippen LogP) is 2.05. The Balaban J connectivity index is 4.14. The second kappa shape index (κ2) is 3.36. The Hall–Kier alpha value is -0.650. The van der Waals surface area contributed by atoms with Crippen LogP contribution in [0.1, 0.15) is 0 Å². The van der Waals surface area contributed by atoms with Gasteiger partial charge in [-0.05, 0) is 0 Å². The lowest BCUT2D eigenvalue weighted by atomic mass is 10.5. The van der Waals surface area contributed by atoms with E-state index >= 15 is 0 Å². The average molecular weight is 131 g/mol. The van der Waals surface area contributed by atoms with Crippen molar-refractivity contribution in [2.24, 2.45) is 0 Å². The van der Waals surface area contributed by atoms with Crippen LogP contribution in [0.4, 0.5) is 0 Å². The van der Waals surface area contributed by atoms with Crippen LogP contribution in [-0.4, -0.2) is 7.11 Å². The zero-order valence-corrected chi connectivity index (χ0v) is 5.46. The van der Waals surface area contributed by atoms with Gasteiger partial charge >= 0.3 is 0 Å². The third-order valence-electron chi connectivity index (χ3n) is 0.611. The maximum Gasteiger partial charge on any atom is 0.179 e. The molecule has 0 N–H and O–H groups in total. The smallest absolute Gasteiger partial charge is 0.179 e. The van der Waals surface area contributed by atoms with Crippen LogP contribution in [0.25, 0.3) is 0 Å². The summed E-state index contributed by atoms with van der Waals surface area (Å²) in [5.74, 6) is 0.395. The van der Waals surface area contributed by atoms with E-state index in [1.165, 1.54) is 7.11 Å². The molecule has 0 fully saturated rings. The minimum Gasteiger partial charge on any atom is -0.488 e. The van der Waals surface area contributed by atoms with Crippen molar-refractivity contribution in [3.8, 4) is 0 Å². The van der Waals surface area contributed by atoms with E-state index in [2.05, 4.69) is 23.6 Å². The van der Waals surface area contributed by atoms with Gasteiger partial charge in [0.2, 0.25) is 0 Å². The molecular formula is C6H7ClO. The highest BCUT2D eigenvalue weighted by atomic mass is 35.5. The number of rotatable bonds is 2. The Labute approximate surface area is 53.9 Å². The molecule has 0 bridgehead atoms. The largest absolute Gasteiger partial charge is 0.488 e. The fourth-order valence-electron chi connectivity index (χ4n) is 0.279. The molecule has 0 saturated heterocycles. The van der Waals surface area contributed by atoms with Crippen LogP contribution in [0.15, 0.2) is 29.7 Å². The summed E-state index contributed by atoms with van der Waals surface area (Å²) in [6.07, 6.45) is 0. The Morgan fingerprint density at radius 3 is 2.25 bits per heavy atom. The maximum atomic E-state index is 5.39. The van der Waals surface area contributed by atoms with Gasteiger partial charge in [-0.25, -0.2) is 0 Å². The van der Waals surface area contributed by atoms with E-state index in [-0.39, 0.29) is 0 Å². The second-order valence-corrected chi connectivity index (χ2v) is 1.57. The molecule has 44 valence electrons. The minimum absolute atomic E-state index is 0.322. The van der Waals surface area contributed by atoms with Gasteiger partial charge in [-0.1, -0.05) is 30.5 Å². The topological polar surface area (TPSA) is 9.23 Å². The molecule has 0 rings (SSSR count). The Morgan fingerprint density at radius 1 is 1.75 bits per heavy atom. The predicted molar refractivity (Wildman–Crippen MR) is 34.7 cm³/mol. The quantitative estimate of drug-likeness (QED) is 0.316. The fraction of sp³-hybridized carbons (Fsp3) is 0.167. The molecule has 0 atom stereocenters. The number of ether oxygens (including phenoxy) is 1. The molecule has 0 spiro atoms. The Bertz CT molecular complexity index is 143. The summed E-state index contributed by atoms with van der Waals surface area (Å²) >= 11 is 5.39. The highest BCUT2D eigenvalue weighted by Crippen LogP contribution is 2.09. The van der Waals surface area contributed by atoms with Gasteiger partial charge in [0.1, 0.15) is 0 Å². The third kappa shape index (κ3) is 1.87. The monoisotopic (exact) mass is 130 g/mol. The summed E-state index contributed by atoms with van der Waals surface area (Å²) in [7, 11) is 1.49. The van der Waals surface area contributed by atoms with Gasteiger partial charge in [0.25, 0.3) is 0 Å². The molecule has 0 heterocycles. The molecule has 0 aliphatic carbocycles. The first-order valence-corrected chi connectivity index (χ1v) is 2.39. The molecular weight excluding hydrogens is 124 g/mol. The first-order valence-electron chi connectivity index (χ1n) is 2.01. The van der Waals surface area contributed by atoms with E-state index in [9.17, 15) is 0 Å². The third-order valence-corrected chi connectivity index (χ3v) is 0.783. The molecule has 0 amide bonds. The van der Waals surface area contributed by atoms with Crippen molar-refractivity contribution in [2.45, 2.75) is 0 Å². The molecule has 0 aliphatic rings. The molecule has 0 aromatic carbocycles. The summed E-state index contributed by atoms with van der Waals surface area (Å²) in [5.41, 5.74) is 2.46. The van der Waals surface area contributed by atoms with Gasteiger partial charge in [0, 0.05) is 0 Å². The number of halogens is 1. The summed E-state index contributed by atoms with van der Waals surface area (Å²) in [4.78, 5) is 0. The zero-order valence-electron chi connectivity index (χ0n) is 4.70. The van der Waals surface area contributed by atoms with E-state index in [4.69, 9.17) is 11.6 Å². The zero-order chi connectivity index (χ0) is 6.57. The Morgan fingerprint density at radius 2 is 2.25 bits per heavy atom. The fourth-order valence-corrected chi connectivity index (χ4v) is 0.423. The number of hydrogen-bond donors (Lipinski definition) is 0. The molecule has 0 aromatic rings. The average Bonchev–Trinajstić information content (AvgIpc) is 1.69. The lowest BCUT2D eigenvalue weighted by Crippen LogP contribution is -1.80. The molecule has 0 aliphatic heterocycles. The SMILES string of the molecule is C=C=C(OC)C(=C)Cl. The lowest BCUT2D eigenvalue weighted by Gasteiger charge is -1.96. The van der Waals surface area contributed by atoms with E-state index in [1.807, 2.05) is 0 Å². The number of hydrogen-bond acceptors (Lipinski definition) is 1. The first kappa shape index (κ1) is 7.35. The van der Waals surface area contributed by atoms with Crippen molar-refractivity contribution in [1.82, 2.24) is 0 Å². The molecule has 0 saturated carbocycles. The van der Waals surface area contributed by atoms with E-state index in [0.717, 1.165) is 0 Å². The van der Waals surface area contributed by atoms with Crippen LogP contribution in [-0.2, 0) is 4.74 Å². The summed E-state index contributed by atoms with van der Waals surface area (Å²) in [6, 6.07) is 0. The summed E-state index contributed by atoms with van der Waals surface area (Å²) in [5, 5.41) is 0.322. The van der Waals surface area contributed by atoms with Crippen molar-refractivity contribution in [3.05, 3.63) is 29.7 Å². The van der Waals surface area contributed by atoms with Crippen LogP contribution in [0.5, 0.6) is 0 Å². The number of allylic oxidation sites excluding steroid dienone is 1. The van der Waals surface area contributed by atoms with Gasteiger partial charge in [0.15, 0.2) is 5.76 Å². The van der Waals surface area contributed by atoms with Crippen molar-refractivity contribution in [1.29, 1.82) is 0 Å². The minimum atomic E-state index is 0.322. The number of methoxy groups -OCH3 is 1. The molecule has 0 radical (unpaired) electrons. The summed E-state index contributed by atoms with van der Waals surface area (Å²) < 4.78 is 4.67. The van der Waals surface area contributed by atoms with E-state index < -0.39 is 0 Å². The van der Waals surface area contributed by atoms with Crippen LogP contribution in [0.3, 0.4) is 0 Å². The van der Waals surface area contributed by atoms with Crippen molar-refractivity contribution < 1.29 is 4.74 Å². The second-order valence-electron chi connectivity index (χ2n) is 1.11. The Kier molecular flexibility index (Phi) is 3.09. The van der Waals surface area contributed by atoms with Gasteiger partial charge in [-0.15, -0.1) is 0 Å². The van der Waals surface area contributed by atoms with Gasteiger partial charge in [-0.3, -0.25) is 0 Å². The summed E-state index contributed by atoms with van der Waals surface area (Å²) in [6.45, 7) is 6.72. The van der Waals surface area contributed by atoms with Crippen molar-refractivity contribution >= 4 is 11.6 Å². The van der Waals surface area contributed by atoms with Gasteiger partial charge in [0.05, 0.1) is 12.1 Å². The maximum absolute atomic E-state index is 5.39. The van der Waals surface area contributed by atoms with Crippen LogP contribution < -0.4 is 0 Å². The molecule has 1 nitrogen and oxygen atoms in total. The van der Waals surface area contributed by atoms with Crippen LogP contribution in [0, 0.1) is 0 Å². The van der Waals surface area contributed by atoms with Crippen molar-refractivity contribution in [3.63, 3.8) is 0 Å². The highest BCUT2D eigenvalue weighted by Gasteiger charge is 1.92. The van der Waals surface area contributed by atoms with Gasteiger partial charge in [-0.2, -0.15) is 0 Å². The van der Waals surface area contributed by atoms with Crippen LogP contribution >= 0.6 is 11.6 Å². The normalized spacial score (nSPS) is 7.25. The first-order chi connectivity index (χ1) is 3.72. The standard InChI is InChI=1S/C6H7ClO/c1-4-6(8-3)5(2)7/h1-2H2,3H3. The van der Waals surface area contributed by atoms with E-state index in [0.29, 0.717) is 10.8 Å². The van der Waals surface area contributed by atoms with Gasteiger partial charge < -0.3 is 4.74 Å². The highest BCUT2D eigenvalue weighted by molar-refractivity contribution is 6.31. The molecule has 2 heteroatoms. The lowest BCUT2D eigenvalue weighted by molar-refractivity contribution is 0.306. The van der Waals surface area contributed by atoms with Crippen molar-refractivity contribution in [2.75, 3.05) is 7.11 Å². The molecule has 0 unspecified atom stereocenters. The van der Waals surface area contributed by atoms with Crippen LogP contribution in [0.2, 0.25) is 0 Å². The van der Waals surface area contributed by atoms with E-state index in [1.54, 1.807) is 0 Å². The molecule has 8 heavy (non-hydrogen) atoms. The molecule has 0 aromatic heterocycles.